The predicted molar refractivity (Wildman–Crippen MR) is 47.1 cm³/mol. The molecule has 1 rings (SSSR count). The number of amidine groups is 1. The zero-order valence-corrected chi connectivity index (χ0v) is 6.98. The summed E-state index contributed by atoms with van der Waals surface area (Å²) in [5.41, 5.74) is 3.55. The predicted octanol–water partition coefficient (Wildman–Crippen LogP) is 0.140. The first kappa shape index (κ1) is 8.03. The van der Waals surface area contributed by atoms with Gasteiger partial charge in [0.25, 0.3) is 0 Å². The van der Waals surface area contributed by atoms with Crippen molar-refractivity contribution in [2.24, 2.45) is 16.8 Å². The Labute approximate surface area is 68.9 Å². The number of hydrogen-bond donors (Lipinski definition) is 3. The maximum Gasteiger partial charge on any atom is 0.177 e. The third-order valence-corrected chi connectivity index (χ3v) is 2.37. The maximum absolute atomic E-state index is 5.19. The number of rotatable bonds is 1. The summed E-state index contributed by atoms with van der Waals surface area (Å²) in [6, 6.07) is 1.99. The van der Waals surface area contributed by atoms with Crippen LogP contribution < -0.4 is 17.1 Å². The van der Waals surface area contributed by atoms with Gasteiger partial charge in [-0.1, -0.05) is 0 Å². The van der Waals surface area contributed by atoms with Crippen LogP contribution in [0.5, 0.6) is 0 Å². The van der Waals surface area contributed by atoms with Crippen molar-refractivity contribution in [1.29, 1.82) is 0 Å². The quantitative estimate of drug-likeness (QED) is 0.243. The van der Waals surface area contributed by atoms with Crippen molar-refractivity contribution in [3.05, 3.63) is 21.9 Å². The molecule has 0 spiro atoms. The molecule has 0 saturated carbocycles. The van der Waals surface area contributed by atoms with Crippen molar-refractivity contribution in [1.82, 2.24) is 5.43 Å². The molecule has 0 unspecified atom stereocenters. The fourth-order valence-corrected chi connectivity index (χ4v) is 1.66. The third kappa shape index (κ3) is 1.50. The fourth-order valence-electron chi connectivity index (χ4n) is 0.777. The molecule has 0 amide bonds. The second-order valence-corrected chi connectivity index (χ2v) is 2.97. The monoisotopic (exact) mass is 170 g/mol. The van der Waals surface area contributed by atoms with Gasteiger partial charge in [0.2, 0.25) is 0 Å². The number of nitrogens with one attached hydrogen (secondary N) is 1. The lowest BCUT2D eigenvalue weighted by Gasteiger charge is -2.00. The van der Waals surface area contributed by atoms with E-state index in [0.29, 0.717) is 5.84 Å². The Hall–Kier alpha value is -1.07. The number of hydrazine groups is 1. The van der Waals surface area contributed by atoms with E-state index in [1.165, 1.54) is 0 Å². The molecule has 1 aromatic heterocycles. The standard InChI is InChI=1S/C6H10N4S/c1-4-2-3-11-5(4)6(9-7)10-8/h2-3H,7-8H2,1H3,(H,9,10). The van der Waals surface area contributed by atoms with E-state index < -0.39 is 0 Å². The summed E-state index contributed by atoms with van der Waals surface area (Å²) in [7, 11) is 0. The summed E-state index contributed by atoms with van der Waals surface area (Å²) in [5.74, 6) is 10.8. The lowest BCUT2D eigenvalue weighted by atomic mass is 10.3. The average molecular weight is 170 g/mol. The molecule has 4 nitrogen and oxygen atoms in total. The van der Waals surface area contributed by atoms with Gasteiger partial charge in [-0.25, -0.2) is 5.84 Å². The highest BCUT2D eigenvalue weighted by Crippen LogP contribution is 2.14. The van der Waals surface area contributed by atoms with E-state index >= 15 is 0 Å². The van der Waals surface area contributed by atoms with E-state index in [1.54, 1.807) is 11.3 Å². The Morgan fingerprint density at radius 1 is 1.73 bits per heavy atom. The van der Waals surface area contributed by atoms with Gasteiger partial charge in [0.1, 0.15) is 0 Å². The smallest absolute Gasteiger partial charge is 0.177 e. The first-order chi connectivity index (χ1) is 5.29. The second-order valence-electron chi connectivity index (χ2n) is 2.05. The number of hydrogen-bond acceptors (Lipinski definition) is 4. The Bertz CT molecular complexity index is 265. The molecule has 0 aromatic carbocycles. The van der Waals surface area contributed by atoms with Gasteiger partial charge >= 0.3 is 0 Å². The Morgan fingerprint density at radius 3 is 2.82 bits per heavy atom. The molecule has 0 aliphatic carbocycles. The van der Waals surface area contributed by atoms with Crippen molar-refractivity contribution in [3.8, 4) is 0 Å². The maximum atomic E-state index is 5.19. The molecule has 0 fully saturated rings. The van der Waals surface area contributed by atoms with Crippen LogP contribution in [-0.2, 0) is 0 Å². The van der Waals surface area contributed by atoms with E-state index in [1.807, 2.05) is 18.4 Å². The van der Waals surface area contributed by atoms with Gasteiger partial charge < -0.3 is 11.3 Å². The van der Waals surface area contributed by atoms with Gasteiger partial charge in [-0.3, -0.25) is 0 Å². The van der Waals surface area contributed by atoms with Crippen LogP contribution in [0.15, 0.2) is 16.5 Å². The summed E-state index contributed by atoms with van der Waals surface area (Å²) in [6.07, 6.45) is 0. The molecule has 0 radical (unpaired) electrons. The molecule has 0 saturated heterocycles. The zero-order valence-electron chi connectivity index (χ0n) is 6.16. The third-order valence-electron chi connectivity index (χ3n) is 1.34. The molecule has 1 heterocycles. The summed E-state index contributed by atoms with van der Waals surface area (Å²) in [6.45, 7) is 1.98. The van der Waals surface area contributed by atoms with E-state index in [0.717, 1.165) is 10.4 Å². The Balaban J connectivity index is 3.00. The second kappa shape index (κ2) is 3.36. The number of nitrogens with two attached hydrogens (primary N) is 2. The van der Waals surface area contributed by atoms with E-state index in [-0.39, 0.29) is 0 Å². The fraction of sp³-hybridized carbons (Fsp3) is 0.167. The minimum atomic E-state index is 0.525. The first-order valence-electron chi connectivity index (χ1n) is 3.08. The number of aryl methyl sites for hydroxylation is 1. The number of nitrogens with zero attached hydrogens (tertiary/aromatic N) is 1. The van der Waals surface area contributed by atoms with Gasteiger partial charge in [-0.15, -0.1) is 11.3 Å². The van der Waals surface area contributed by atoms with Crippen LogP contribution in [0.3, 0.4) is 0 Å². The molecule has 0 aliphatic rings. The molecule has 0 aliphatic heterocycles. The van der Waals surface area contributed by atoms with E-state index in [2.05, 4.69) is 10.5 Å². The van der Waals surface area contributed by atoms with Crippen LogP contribution in [0, 0.1) is 6.92 Å². The SMILES string of the molecule is Cc1ccsc1/C(=N/N)NN. The van der Waals surface area contributed by atoms with E-state index in [4.69, 9.17) is 11.7 Å². The molecule has 5 N–H and O–H groups in total. The van der Waals surface area contributed by atoms with E-state index in [9.17, 15) is 0 Å². The van der Waals surface area contributed by atoms with Gasteiger partial charge in [0.15, 0.2) is 5.84 Å². The largest absolute Gasteiger partial charge is 0.321 e. The van der Waals surface area contributed by atoms with Crippen LogP contribution >= 0.6 is 11.3 Å². The number of hydrazone groups is 1. The highest BCUT2D eigenvalue weighted by Gasteiger charge is 2.05. The molecule has 60 valence electrons. The summed E-state index contributed by atoms with van der Waals surface area (Å²) in [4.78, 5) is 0.981. The van der Waals surface area contributed by atoms with Crippen molar-refractivity contribution in [3.63, 3.8) is 0 Å². The van der Waals surface area contributed by atoms with Gasteiger partial charge in [0, 0.05) is 0 Å². The summed E-state index contributed by atoms with van der Waals surface area (Å²) in [5, 5.41) is 5.47. The number of thiophene rings is 1. The molecular weight excluding hydrogens is 160 g/mol. The van der Waals surface area contributed by atoms with Crippen LogP contribution in [0.25, 0.3) is 0 Å². The molecular formula is C6H10N4S. The van der Waals surface area contributed by atoms with Gasteiger partial charge in [-0.2, -0.15) is 5.10 Å². The van der Waals surface area contributed by atoms with Crippen molar-refractivity contribution >= 4 is 17.2 Å². The first-order valence-corrected chi connectivity index (χ1v) is 3.96. The normalized spacial score (nSPS) is 11.6. The Morgan fingerprint density at radius 2 is 2.45 bits per heavy atom. The zero-order chi connectivity index (χ0) is 8.27. The Kier molecular flexibility index (Phi) is 2.45. The van der Waals surface area contributed by atoms with Crippen molar-refractivity contribution in [2.45, 2.75) is 6.92 Å². The molecule has 11 heavy (non-hydrogen) atoms. The summed E-state index contributed by atoms with van der Waals surface area (Å²) < 4.78 is 0. The topological polar surface area (TPSA) is 76.4 Å². The molecule has 0 bridgehead atoms. The lowest BCUT2D eigenvalue weighted by Crippen LogP contribution is -2.31. The van der Waals surface area contributed by atoms with Gasteiger partial charge in [-0.05, 0) is 23.9 Å². The van der Waals surface area contributed by atoms with Crippen LogP contribution in [0.2, 0.25) is 0 Å². The van der Waals surface area contributed by atoms with Gasteiger partial charge in [0.05, 0.1) is 4.88 Å². The van der Waals surface area contributed by atoms with Crippen LogP contribution in [0.1, 0.15) is 10.4 Å². The van der Waals surface area contributed by atoms with Crippen LogP contribution in [0.4, 0.5) is 0 Å². The van der Waals surface area contributed by atoms with Crippen molar-refractivity contribution < 1.29 is 0 Å². The lowest BCUT2D eigenvalue weighted by molar-refractivity contribution is 1.01. The molecule has 0 atom stereocenters. The molecule has 5 heteroatoms. The average Bonchev–Trinajstić information content (AvgIpc) is 2.40. The van der Waals surface area contributed by atoms with Crippen LogP contribution in [-0.4, -0.2) is 5.84 Å². The minimum Gasteiger partial charge on any atom is -0.321 e. The highest BCUT2D eigenvalue weighted by atomic mass is 32.1. The molecule has 1 aromatic rings. The highest BCUT2D eigenvalue weighted by molar-refractivity contribution is 7.12. The van der Waals surface area contributed by atoms with Crippen molar-refractivity contribution in [2.75, 3.05) is 0 Å². The minimum absolute atomic E-state index is 0.525. The summed E-state index contributed by atoms with van der Waals surface area (Å²) >= 11 is 1.55.